The number of hydrogen-bond donors (Lipinski definition) is 0. The Balaban J connectivity index is 2.03. The molecule has 1 aliphatic heterocycles. The molecule has 0 N–H and O–H groups in total. The van der Waals surface area contributed by atoms with Crippen molar-refractivity contribution in [1.82, 2.24) is 14.9 Å². The van der Waals surface area contributed by atoms with Gasteiger partial charge < -0.3 is 19.3 Å². The largest absolute Gasteiger partial charge is 0.497 e. The van der Waals surface area contributed by atoms with E-state index in [1.165, 1.54) is 0 Å². The number of amides is 1. The second-order valence-electron chi connectivity index (χ2n) is 7.43. The molecule has 29 heavy (non-hydrogen) atoms. The van der Waals surface area contributed by atoms with Crippen molar-refractivity contribution in [2.45, 2.75) is 31.7 Å². The molecule has 2 aromatic rings. The number of carbonyl (C=O) groups excluding carboxylic acids is 1. The van der Waals surface area contributed by atoms with E-state index in [2.05, 4.69) is 4.98 Å². The lowest BCUT2D eigenvalue weighted by Gasteiger charge is -2.36. The number of methoxy groups -OCH3 is 2. The minimum Gasteiger partial charge on any atom is -0.497 e. The molecular weight excluding hydrogens is 368 g/mol. The summed E-state index contributed by atoms with van der Waals surface area (Å²) in [5.74, 6) is 1.56. The Labute approximate surface area is 172 Å². The SMILES string of the molecule is COCCC(=O)N1CCCC[C@H]1c1nc(N(C)C)ncc1-c1ccc(OC)cc1. The van der Waals surface area contributed by atoms with Crippen LogP contribution in [0.15, 0.2) is 30.5 Å². The van der Waals surface area contributed by atoms with Gasteiger partial charge in [-0.15, -0.1) is 0 Å². The van der Waals surface area contributed by atoms with Gasteiger partial charge in [-0.25, -0.2) is 9.97 Å². The van der Waals surface area contributed by atoms with Gasteiger partial charge in [-0.3, -0.25) is 4.79 Å². The first kappa shape index (κ1) is 21.0. The first-order chi connectivity index (χ1) is 14.0. The number of benzene rings is 1. The average molecular weight is 399 g/mol. The van der Waals surface area contributed by atoms with Gasteiger partial charge in [-0.2, -0.15) is 0 Å². The second kappa shape index (κ2) is 9.69. The second-order valence-corrected chi connectivity index (χ2v) is 7.43. The third kappa shape index (κ3) is 4.85. The highest BCUT2D eigenvalue weighted by molar-refractivity contribution is 5.77. The van der Waals surface area contributed by atoms with E-state index in [-0.39, 0.29) is 11.9 Å². The molecule has 1 atom stereocenters. The van der Waals surface area contributed by atoms with Gasteiger partial charge in [0.2, 0.25) is 11.9 Å². The molecule has 0 saturated carbocycles. The lowest BCUT2D eigenvalue weighted by atomic mass is 9.93. The molecule has 1 aliphatic rings. The average Bonchev–Trinajstić information content (AvgIpc) is 2.77. The number of nitrogens with zero attached hydrogens (tertiary/aromatic N) is 4. The molecule has 156 valence electrons. The van der Waals surface area contributed by atoms with Crippen LogP contribution in [0.1, 0.15) is 37.4 Å². The van der Waals surface area contributed by atoms with Crippen molar-refractivity contribution in [2.75, 3.05) is 46.4 Å². The molecule has 0 unspecified atom stereocenters. The quantitative estimate of drug-likeness (QED) is 0.713. The molecule has 7 nitrogen and oxygen atoms in total. The molecule has 1 aromatic heterocycles. The van der Waals surface area contributed by atoms with Crippen LogP contribution in [0.5, 0.6) is 5.75 Å². The number of anilines is 1. The van der Waals surface area contributed by atoms with Crippen LogP contribution in [0.25, 0.3) is 11.1 Å². The Morgan fingerprint density at radius 1 is 1.21 bits per heavy atom. The van der Waals surface area contributed by atoms with Gasteiger partial charge in [0.1, 0.15) is 5.75 Å². The predicted octanol–water partition coefficient (Wildman–Crippen LogP) is 3.31. The molecular formula is C22H30N4O3. The molecule has 3 rings (SSSR count). The number of hydrogen-bond acceptors (Lipinski definition) is 6. The highest BCUT2D eigenvalue weighted by atomic mass is 16.5. The highest BCUT2D eigenvalue weighted by Gasteiger charge is 2.31. The van der Waals surface area contributed by atoms with Crippen molar-refractivity contribution in [1.29, 1.82) is 0 Å². The summed E-state index contributed by atoms with van der Waals surface area (Å²) in [6.07, 6.45) is 5.23. The van der Waals surface area contributed by atoms with Crippen LogP contribution >= 0.6 is 0 Å². The van der Waals surface area contributed by atoms with E-state index >= 15 is 0 Å². The summed E-state index contributed by atoms with van der Waals surface area (Å²) in [6, 6.07) is 7.82. The Morgan fingerprint density at radius 2 is 1.97 bits per heavy atom. The molecule has 0 radical (unpaired) electrons. The topological polar surface area (TPSA) is 67.8 Å². The van der Waals surface area contributed by atoms with Crippen molar-refractivity contribution in [3.8, 4) is 16.9 Å². The number of aromatic nitrogens is 2. The van der Waals surface area contributed by atoms with E-state index < -0.39 is 0 Å². The maximum absolute atomic E-state index is 12.9. The summed E-state index contributed by atoms with van der Waals surface area (Å²) in [5, 5.41) is 0. The molecule has 1 fully saturated rings. The fourth-order valence-electron chi connectivity index (χ4n) is 3.70. The van der Waals surface area contributed by atoms with Crippen molar-refractivity contribution >= 4 is 11.9 Å². The van der Waals surface area contributed by atoms with Crippen LogP contribution < -0.4 is 9.64 Å². The van der Waals surface area contributed by atoms with Crippen LogP contribution in [0.2, 0.25) is 0 Å². The molecule has 7 heteroatoms. The van der Waals surface area contributed by atoms with Gasteiger partial charge in [-0.1, -0.05) is 12.1 Å². The maximum atomic E-state index is 12.9. The molecule has 1 amide bonds. The van der Waals surface area contributed by atoms with Crippen molar-refractivity contribution in [2.24, 2.45) is 0 Å². The van der Waals surface area contributed by atoms with E-state index in [9.17, 15) is 4.79 Å². The van der Waals surface area contributed by atoms with Gasteiger partial charge >= 0.3 is 0 Å². The summed E-state index contributed by atoms with van der Waals surface area (Å²) in [5.41, 5.74) is 2.87. The van der Waals surface area contributed by atoms with Gasteiger partial charge in [0.05, 0.1) is 31.9 Å². The van der Waals surface area contributed by atoms with Gasteiger partial charge in [-0.05, 0) is 37.0 Å². The zero-order valence-corrected chi connectivity index (χ0v) is 17.7. The van der Waals surface area contributed by atoms with E-state index in [1.807, 2.05) is 54.4 Å². The van der Waals surface area contributed by atoms with Crippen molar-refractivity contribution < 1.29 is 14.3 Å². The molecule has 0 spiro atoms. The fraction of sp³-hybridized carbons (Fsp3) is 0.500. The summed E-state index contributed by atoms with van der Waals surface area (Å²) < 4.78 is 10.4. The van der Waals surface area contributed by atoms with Crippen LogP contribution in [-0.2, 0) is 9.53 Å². The summed E-state index contributed by atoms with van der Waals surface area (Å²) in [7, 11) is 7.13. The molecule has 0 bridgehead atoms. The van der Waals surface area contributed by atoms with Crippen LogP contribution in [0.4, 0.5) is 5.95 Å². The van der Waals surface area contributed by atoms with E-state index in [0.29, 0.717) is 19.0 Å². The van der Waals surface area contributed by atoms with Crippen molar-refractivity contribution in [3.05, 3.63) is 36.2 Å². The summed E-state index contributed by atoms with van der Waals surface area (Å²) in [4.78, 5) is 26.1. The third-order valence-corrected chi connectivity index (χ3v) is 5.27. The standard InChI is InChI=1S/C22H30N4O3/c1-25(2)22-23-15-18(16-8-10-17(29-4)11-9-16)21(24-22)19-7-5-6-13-26(19)20(27)12-14-28-3/h8-11,15,19H,5-7,12-14H2,1-4H3/t19-/m0/s1. The zero-order valence-electron chi connectivity index (χ0n) is 17.7. The fourth-order valence-corrected chi connectivity index (χ4v) is 3.70. The Kier molecular flexibility index (Phi) is 7.04. The first-order valence-corrected chi connectivity index (χ1v) is 10.0. The van der Waals surface area contributed by atoms with E-state index in [4.69, 9.17) is 14.5 Å². The van der Waals surface area contributed by atoms with E-state index in [1.54, 1.807) is 14.2 Å². The minimum absolute atomic E-state index is 0.0630. The zero-order chi connectivity index (χ0) is 20.8. The Hall–Kier alpha value is -2.67. The van der Waals surface area contributed by atoms with Gasteiger partial charge in [0.15, 0.2) is 0 Å². The Bertz CT molecular complexity index is 823. The van der Waals surface area contributed by atoms with Crippen LogP contribution in [-0.4, -0.2) is 62.2 Å². The predicted molar refractivity (Wildman–Crippen MR) is 113 cm³/mol. The maximum Gasteiger partial charge on any atom is 0.225 e. The summed E-state index contributed by atoms with van der Waals surface area (Å²) >= 11 is 0. The number of likely N-dealkylation sites (tertiary alicyclic amines) is 1. The monoisotopic (exact) mass is 398 g/mol. The molecule has 0 aliphatic carbocycles. The number of ether oxygens (including phenoxy) is 2. The summed E-state index contributed by atoms with van der Waals surface area (Å²) in [6.45, 7) is 1.18. The smallest absolute Gasteiger partial charge is 0.225 e. The lowest BCUT2D eigenvalue weighted by molar-refractivity contribution is -0.136. The lowest BCUT2D eigenvalue weighted by Crippen LogP contribution is -2.39. The Morgan fingerprint density at radius 3 is 2.62 bits per heavy atom. The van der Waals surface area contributed by atoms with E-state index in [0.717, 1.165) is 48.4 Å². The van der Waals surface area contributed by atoms with Gasteiger partial charge in [0.25, 0.3) is 0 Å². The number of piperidine rings is 1. The first-order valence-electron chi connectivity index (χ1n) is 10.0. The van der Waals surface area contributed by atoms with Crippen molar-refractivity contribution in [3.63, 3.8) is 0 Å². The van der Waals surface area contributed by atoms with Crippen LogP contribution in [0, 0.1) is 0 Å². The number of rotatable bonds is 7. The molecule has 1 saturated heterocycles. The highest BCUT2D eigenvalue weighted by Crippen LogP contribution is 2.37. The third-order valence-electron chi connectivity index (χ3n) is 5.27. The normalized spacial score (nSPS) is 16.6. The minimum atomic E-state index is -0.0630. The van der Waals surface area contributed by atoms with Gasteiger partial charge in [0, 0.05) is 39.5 Å². The van der Waals surface area contributed by atoms with Crippen LogP contribution in [0.3, 0.4) is 0 Å². The molecule has 2 heterocycles. The number of carbonyl (C=O) groups is 1. The molecule has 1 aromatic carbocycles.